The van der Waals surface area contributed by atoms with Gasteiger partial charge >= 0.3 is 15.5 Å². The quantitative estimate of drug-likeness (QED) is 0.251. The molecule has 0 unspecified atom stereocenters. The highest BCUT2D eigenvalue weighted by atomic mass is 32.3. The Balaban J connectivity index is 2.31. The van der Waals surface area contributed by atoms with Crippen LogP contribution in [0.1, 0.15) is 53.4 Å². The van der Waals surface area contributed by atoms with E-state index in [1.165, 1.54) is 12.1 Å². The molecule has 0 amide bonds. The van der Waals surface area contributed by atoms with E-state index in [4.69, 9.17) is 0 Å². The third kappa shape index (κ3) is 8.00. The van der Waals surface area contributed by atoms with Crippen LogP contribution in [0.15, 0.2) is 47.4 Å². The molecule has 0 fully saturated rings. The number of nitrogens with one attached hydrogen (secondary N) is 4. The van der Waals surface area contributed by atoms with E-state index in [0.29, 0.717) is 15.5 Å². The first-order valence-electron chi connectivity index (χ1n) is 11.6. The molecule has 2 rings (SSSR count). The summed E-state index contributed by atoms with van der Waals surface area (Å²) in [7, 11) is -11.0. The normalized spacial score (nSPS) is 12.7. The van der Waals surface area contributed by atoms with Crippen LogP contribution in [0.25, 0.3) is 0 Å². The molecule has 2 aromatic rings. The summed E-state index contributed by atoms with van der Waals surface area (Å²) in [6, 6.07) is 11.1. The topological polar surface area (TPSA) is 116 Å². The lowest BCUT2D eigenvalue weighted by molar-refractivity contribution is -0.0441. The summed E-state index contributed by atoms with van der Waals surface area (Å²) in [4.78, 5) is -0.624. The molecule has 0 aliphatic carbocycles. The minimum Gasteiger partial charge on any atom is -0.382 e. The van der Waals surface area contributed by atoms with Crippen molar-refractivity contribution >= 4 is 42.8 Å². The van der Waals surface area contributed by atoms with E-state index in [1.54, 1.807) is 0 Å². The molecular formula is C23H33F3N4O4S2. The number of anilines is 4. The van der Waals surface area contributed by atoms with Gasteiger partial charge in [0.1, 0.15) is 0 Å². The Labute approximate surface area is 211 Å². The van der Waals surface area contributed by atoms with Gasteiger partial charge in [-0.25, -0.2) is 16.8 Å². The molecule has 0 saturated carbocycles. The van der Waals surface area contributed by atoms with Crippen molar-refractivity contribution in [3.05, 3.63) is 42.5 Å². The standard InChI is InChI=1S/C23H33F3N4O4S2/c1-5-16(6-2)27-19-13-20(28-17(7-3)8-4)15-21(14-19)29-18-9-11-22(12-10-18)35(31,32)30-36(33,34)23(24,25)26/h9-17,27-30H,5-8H2,1-4H3. The maximum Gasteiger partial charge on any atom is 0.512 e. The van der Waals surface area contributed by atoms with Gasteiger partial charge in [-0.05, 0) is 68.1 Å². The molecular weight excluding hydrogens is 517 g/mol. The smallest absolute Gasteiger partial charge is 0.382 e. The van der Waals surface area contributed by atoms with Crippen molar-refractivity contribution in [1.82, 2.24) is 4.13 Å². The maximum atomic E-state index is 12.6. The lowest BCUT2D eigenvalue weighted by atomic mass is 10.1. The first-order valence-corrected chi connectivity index (χ1v) is 14.6. The van der Waals surface area contributed by atoms with Crippen LogP contribution in [0.5, 0.6) is 0 Å². The minimum atomic E-state index is -6.07. The van der Waals surface area contributed by atoms with Crippen LogP contribution >= 0.6 is 0 Å². The van der Waals surface area contributed by atoms with Gasteiger partial charge in [0.05, 0.1) is 4.90 Å². The Hall–Kier alpha value is -2.51. The van der Waals surface area contributed by atoms with E-state index in [-0.39, 0.29) is 12.1 Å². The lowest BCUT2D eigenvalue weighted by Crippen LogP contribution is -2.40. The second-order valence-corrected chi connectivity index (χ2v) is 11.9. The zero-order valence-electron chi connectivity index (χ0n) is 20.6. The van der Waals surface area contributed by atoms with Crippen molar-refractivity contribution in [2.75, 3.05) is 16.0 Å². The molecule has 0 saturated heterocycles. The third-order valence-corrected chi connectivity index (χ3v) is 8.88. The van der Waals surface area contributed by atoms with Crippen molar-refractivity contribution in [2.45, 2.75) is 75.9 Å². The summed E-state index contributed by atoms with van der Waals surface area (Å²) < 4.78 is 85.1. The predicted octanol–water partition coefficient (Wildman–Crippen LogP) is 5.76. The van der Waals surface area contributed by atoms with Crippen LogP contribution in [0.4, 0.5) is 35.9 Å². The summed E-state index contributed by atoms with van der Waals surface area (Å²) in [5.41, 5.74) is -2.81. The van der Waals surface area contributed by atoms with Crippen LogP contribution < -0.4 is 20.1 Å². The average Bonchev–Trinajstić information content (AvgIpc) is 2.80. The summed E-state index contributed by atoms with van der Waals surface area (Å²) in [6.07, 6.45) is 3.77. The highest BCUT2D eigenvalue weighted by Gasteiger charge is 2.48. The Morgan fingerprint density at radius 3 is 1.50 bits per heavy atom. The van der Waals surface area contributed by atoms with Crippen molar-refractivity contribution in [3.8, 4) is 0 Å². The van der Waals surface area contributed by atoms with Gasteiger partial charge in [0.2, 0.25) is 0 Å². The highest BCUT2D eigenvalue weighted by Crippen LogP contribution is 2.29. The molecule has 0 radical (unpaired) electrons. The number of sulfonamides is 2. The Kier molecular flexibility index (Phi) is 10.0. The molecule has 36 heavy (non-hydrogen) atoms. The SMILES string of the molecule is CCC(CC)Nc1cc(Nc2ccc(S(=O)(=O)NS(=O)(=O)C(F)(F)F)cc2)cc(NC(CC)CC)c1. The maximum absolute atomic E-state index is 12.6. The third-order valence-electron chi connectivity index (χ3n) is 5.62. The minimum absolute atomic E-state index is 0.284. The molecule has 0 spiro atoms. The predicted molar refractivity (Wildman–Crippen MR) is 137 cm³/mol. The number of hydrogen-bond donors (Lipinski definition) is 4. The second kappa shape index (κ2) is 12.2. The zero-order valence-corrected chi connectivity index (χ0v) is 22.2. The van der Waals surface area contributed by atoms with E-state index < -0.39 is 30.5 Å². The molecule has 202 valence electrons. The average molecular weight is 551 g/mol. The van der Waals surface area contributed by atoms with Gasteiger partial charge in [-0.15, -0.1) is 0 Å². The Morgan fingerprint density at radius 2 is 1.11 bits per heavy atom. The molecule has 0 aromatic heterocycles. The van der Waals surface area contributed by atoms with E-state index in [9.17, 15) is 30.0 Å². The molecule has 0 heterocycles. The van der Waals surface area contributed by atoms with Crippen LogP contribution in [-0.4, -0.2) is 34.4 Å². The van der Waals surface area contributed by atoms with Crippen LogP contribution in [0, 0.1) is 0 Å². The fourth-order valence-corrected chi connectivity index (χ4v) is 5.86. The highest BCUT2D eigenvalue weighted by molar-refractivity contribution is 8.05. The van der Waals surface area contributed by atoms with Crippen molar-refractivity contribution in [1.29, 1.82) is 0 Å². The van der Waals surface area contributed by atoms with Gasteiger partial charge in [0, 0.05) is 34.8 Å². The summed E-state index contributed by atoms with van der Waals surface area (Å²) in [6.45, 7) is 8.38. The van der Waals surface area contributed by atoms with Gasteiger partial charge in [-0.3, -0.25) is 0 Å². The number of rotatable bonds is 13. The van der Waals surface area contributed by atoms with Crippen molar-refractivity contribution in [3.63, 3.8) is 0 Å². The Bertz CT molecular complexity index is 1180. The Morgan fingerprint density at radius 1 is 0.694 bits per heavy atom. The molecule has 8 nitrogen and oxygen atoms in total. The first kappa shape index (κ1) is 29.7. The van der Waals surface area contributed by atoms with Crippen LogP contribution in [0.2, 0.25) is 0 Å². The van der Waals surface area contributed by atoms with E-state index in [0.717, 1.165) is 49.2 Å². The molecule has 0 atom stereocenters. The molecule has 4 N–H and O–H groups in total. The number of hydrogen-bond acceptors (Lipinski definition) is 7. The van der Waals surface area contributed by atoms with E-state index in [1.807, 2.05) is 18.2 Å². The monoisotopic (exact) mass is 550 g/mol. The summed E-state index contributed by atoms with van der Waals surface area (Å²) in [5.74, 6) is 0. The van der Waals surface area contributed by atoms with Gasteiger partial charge in [-0.2, -0.15) is 13.2 Å². The molecule has 0 aliphatic rings. The zero-order chi connectivity index (χ0) is 27.1. The van der Waals surface area contributed by atoms with Gasteiger partial charge in [0.15, 0.2) is 0 Å². The fraction of sp³-hybridized carbons (Fsp3) is 0.478. The first-order chi connectivity index (χ1) is 16.7. The molecule has 0 bridgehead atoms. The summed E-state index contributed by atoms with van der Waals surface area (Å²) in [5, 5.41) is 10.2. The summed E-state index contributed by atoms with van der Waals surface area (Å²) >= 11 is 0. The van der Waals surface area contributed by atoms with Crippen LogP contribution in [-0.2, 0) is 20.0 Å². The van der Waals surface area contributed by atoms with Crippen molar-refractivity contribution < 1.29 is 30.0 Å². The van der Waals surface area contributed by atoms with Gasteiger partial charge < -0.3 is 16.0 Å². The molecule has 13 heteroatoms. The number of benzene rings is 2. The fourth-order valence-electron chi connectivity index (χ4n) is 3.45. The lowest BCUT2D eigenvalue weighted by Gasteiger charge is -2.21. The van der Waals surface area contributed by atoms with Crippen molar-refractivity contribution in [2.24, 2.45) is 0 Å². The number of halogens is 3. The number of alkyl halides is 3. The van der Waals surface area contributed by atoms with E-state index in [2.05, 4.69) is 43.6 Å². The molecule has 0 aliphatic heterocycles. The van der Waals surface area contributed by atoms with Gasteiger partial charge in [-0.1, -0.05) is 31.8 Å². The molecule has 2 aromatic carbocycles. The van der Waals surface area contributed by atoms with Crippen LogP contribution in [0.3, 0.4) is 0 Å². The van der Waals surface area contributed by atoms with E-state index >= 15 is 0 Å². The largest absolute Gasteiger partial charge is 0.512 e. The van der Waals surface area contributed by atoms with Gasteiger partial charge in [0.25, 0.3) is 10.0 Å². The second-order valence-electron chi connectivity index (χ2n) is 8.30.